The van der Waals surface area contributed by atoms with Gasteiger partial charge in [0, 0.05) is 17.2 Å². The van der Waals surface area contributed by atoms with E-state index < -0.39 is 0 Å². The molecule has 2 N–H and O–H groups in total. The number of hydrogen-bond donors (Lipinski definition) is 2. The summed E-state index contributed by atoms with van der Waals surface area (Å²) in [6.45, 7) is 8.11. The molecule has 27 heavy (non-hydrogen) atoms. The van der Waals surface area contributed by atoms with Crippen LogP contribution >= 0.6 is 0 Å². The molecule has 0 unspecified atom stereocenters. The molecule has 7 heteroatoms. The Labute approximate surface area is 158 Å². The van der Waals surface area contributed by atoms with E-state index in [0.29, 0.717) is 28.6 Å². The first kappa shape index (κ1) is 18.7. The maximum Gasteiger partial charge on any atom is 0.186 e. The lowest BCUT2D eigenvalue weighted by Gasteiger charge is -2.16. The van der Waals surface area contributed by atoms with Crippen molar-refractivity contribution in [2.24, 2.45) is 0 Å². The maximum atomic E-state index is 10.5. The minimum absolute atomic E-state index is 0.0189. The van der Waals surface area contributed by atoms with Gasteiger partial charge in [-0.25, -0.2) is 4.68 Å². The van der Waals surface area contributed by atoms with Crippen molar-refractivity contribution in [2.45, 2.75) is 39.7 Å². The van der Waals surface area contributed by atoms with Gasteiger partial charge in [-0.3, -0.25) is 0 Å². The summed E-state index contributed by atoms with van der Waals surface area (Å²) >= 11 is 0. The Morgan fingerprint density at radius 2 is 1.63 bits per heavy atom. The second-order valence-electron chi connectivity index (χ2n) is 7.04. The monoisotopic (exact) mass is 368 g/mol. The average Bonchev–Trinajstić information content (AvgIpc) is 3.11. The third-order valence-electron chi connectivity index (χ3n) is 4.52. The lowest BCUT2D eigenvalue weighted by Crippen LogP contribution is -2.05. The van der Waals surface area contributed by atoms with Crippen LogP contribution in [0, 0.1) is 0 Å². The molecule has 7 nitrogen and oxygen atoms in total. The highest BCUT2D eigenvalue weighted by molar-refractivity contribution is 5.82. The van der Waals surface area contributed by atoms with Crippen molar-refractivity contribution < 1.29 is 14.9 Å². The van der Waals surface area contributed by atoms with Crippen LogP contribution in [0.5, 0.6) is 17.2 Å². The zero-order chi connectivity index (χ0) is 19.7. The Balaban J connectivity index is 2.24. The van der Waals surface area contributed by atoms with Crippen LogP contribution < -0.4 is 4.74 Å². The van der Waals surface area contributed by atoms with Crippen molar-refractivity contribution >= 4 is 0 Å². The molecule has 0 aliphatic carbocycles. The van der Waals surface area contributed by atoms with E-state index in [1.54, 1.807) is 17.9 Å². The number of phenolic OH excluding ortho intramolecular Hbond substituents is 2. The highest BCUT2D eigenvalue weighted by atomic mass is 16.5. The number of phenols is 2. The van der Waals surface area contributed by atoms with E-state index in [-0.39, 0.29) is 17.5 Å². The van der Waals surface area contributed by atoms with Crippen LogP contribution in [0.4, 0.5) is 0 Å². The number of ether oxygens (including phenoxy) is 1. The summed E-state index contributed by atoms with van der Waals surface area (Å²) in [4.78, 5) is 0. The molecule has 0 spiro atoms. The number of hydrogen-bond acceptors (Lipinski definition) is 6. The largest absolute Gasteiger partial charge is 0.507 e. The van der Waals surface area contributed by atoms with Gasteiger partial charge in [-0.2, -0.15) is 0 Å². The van der Waals surface area contributed by atoms with Crippen molar-refractivity contribution in [3.05, 3.63) is 35.9 Å². The normalized spacial score (nSPS) is 11.4. The van der Waals surface area contributed by atoms with Gasteiger partial charge in [-0.1, -0.05) is 19.9 Å². The summed E-state index contributed by atoms with van der Waals surface area (Å²) in [5.41, 5.74) is 2.84. The first-order chi connectivity index (χ1) is 12.8. The van der Waals surface area contributed by atoms with Crippen molar-refractivity contribution in [3.8, 4) is 39.8 Å². The van der Waals surface area contributed by atoms with Gasteiger partial charge in [-0.05, 0) is 54.0 Å². The molecule has 0 fully saturated rings. The topological polar surface area (TPSA) is 93.3 Å². The molecular formula is C20H24N4O3. The van der Waals surface area contributed by atoms with Crippen LogP contribution in [0.3, 0.4) is 0 Å². The SMILES string of the molecule is COc1ccc(C(C)C)cc1-c1cc(-c2nnnn2C(C)C)c(O)cc1O. The van der Waals surface area contributed by atoms with Gasteiger partial charge in [0.15, 0.2) is 5.82 Å². The highest BCUT2D eigenvalue weighted by Crippen LogP contribution is 2.43. The van der Waals surface area contributed by atoms with E-state index in [1.165, 1.54) is 6.07 Å². The van der Waals surface area contributed by atoms with Gasteiger partial charge in [0.1, 0.15) is 17.2 Å². The summed E-state index contributed by atoms with van der Waals surface area (Å²) in [6.07, 6.45) is 0. The predicted molar refractivity (Wildman–Crippen MR) is 103 cm³/mol. The van der Waals surface area contributed by atoms with Crippen molar-refractivity contribution in [1.82, 2.24) is 20.2 Å². The summed E-state index contributed by atoms with van der Waals surface area (Å²) in [5, 5.41) is 32.7. The van der Waals surface area contributed by atoms with Crippen LogP contribution in [-0.4, -0.2) is 37.5 Å². The Morgan fingerprint density at radius 3 is 2.26 bits per heavy atom. The quantitative estimate of drug-likeness (QED) is 0.703. The number of tetrazole rings is 1. The minimum atomic E-state index is -0.0908. The van der Waals surface area contributed by atoms with Crippen LogP contribution in [0.25, 0.3) is 22.5 Å². The predicted octanol–water partition coefficient (Wildman–Crippen LogP) is 4.13. The molecule has 0 saturated heterocycles. The molecule has 3 aromatic rings. The van der Waals surface area contributed by atoms with Crippen molar-refractivity contribution in [3.63, 3.8) is 0 Å². The van der Waals surface area contributed by atoms with E-state index in [0.717, 1.165) is 11.1 Å². The Morgan fingerprint density at radius 1 is 0.926 bits per heavy atom. The van der Waals surface area contributed by atoms with E-state index >= 15 is 0 Å². The molecule has 1 aromatic heterocycles. The van der Waals surface area contributed by atoms with Gasteiger partial charge in [0.2, 0.25) is 0 Å². The summed E-state index contributed by atoms with van der Waals surface area (Å²) in [5.74, 6) is 1.25. The van der Waals surface area contributed by atoms with Crippen molar-refractivity contribution in [1.29, 1.82) is 0 Å². The molecule has 2 aromatic carbocycles. The first-order valence-electron chi connectivity index (χ1n) is 8.86. The smallest absolute Gasteiger partial charge is 0.186 e. The van der Waals surface area contributed by atoms with Crippen LogP contribution in [0.15, 0.2) is 30.3 Å². The zero-order valence-electron chi connectivity index (χ0n) is 16.1. The molecule has 0 saturated carbocycles. The summed E-state index contributed by atoms with van der Waals surface area (Å²) in [7, 11) is 1.59. The number of benzene rings is 2. The fraction of sp³-hybridized carbons (Fsp3) is 0.350. The molecule has 142 valence electrons. The Kier molecular flexibility index (Phi) is 5.03. The number of rotatable bonds is 5. The second kappa shape index (κ2) is 7.26. The number of aromatic hydroxyl groups is 2. The van der Waals surface area contributed by atoms with Gasteiger partial charge < -0.3 is 14.9 Å². The maximum absolute atomic E-state index is 10.5. The third-order valence-corrected chi connectivity index (χ3v) is 4.52. The lowest BCUT2D eigenvalue weighted by atomic mass is 9.94. The molecule has 0 bridgehead atoms. The van der Waals surface area contributed by atoms with Gasteiger partial charge in [-0.15, -0.1) is 5.10 Å². The summed E-state index contributed by atoms with van der Waals surface area (Å²) < 4.78 is 7.12. The standard InChI is InChI=1S/C20H24N4O3/c1-11(2)13-6-7-19(27-5)15(8-13)14-9-16(18(26)10-17(14)25)20-21-22-23-24(20)12(3)4/h6-12,25-26H,1-5H3. The molecule has 0 amide bonds. The fourth-order valence-corrected chi connectivity index (χ4v) is 2.99. The van der Waals surface area contributed by atoms with E-state index in [1.807, 2.05) is 32.0 Å². The van der Waals surface area contributed by atoms with Gasteiger partial charge >= 0.3 is 0 Å². The van der Waals surface area contributed by atoms with E-state index in [9.17, 15) is 10.2 Å². The Bertz CT molecular complexity index is 964. The third kappa shape index (κ3) is 3.45. The number of nitrogens with zero attached hydrogens (tertiary/aromatic N) is 4. The molecule has 0 aliphatic rings. The first-order valence-corrected chi connectivity index (χ1v) is 8.86. The number of aromatic nitrogens is 4. The average molecular weight is 368 g/mol. The van der Waals surface area contributed by atoms with Gasteiger partial charge in [0.25, 0.3) is 0 Å². The van der Waals surface area contributed by atoms with Crippen molar-refractivity contribution in [2.75, 3.05) is 7.11 Å². The second-order valence-corrected chi connectivity index (χ2v) is 7.04. The van der Waals surface area contributed by atoms with Crippen LogP contribution in [-0.2, 0) is 0 Å². The fourth-order valence-electron chi connectivity index (χ4n) is 2.99. The van der Waals surface area contributed by atoms with Gasteiger partial charge in [0.05, 0.1) is 18.7 Å². The lowest BCUT2D eigenvalue weighted by molar-refractivity contribution is 0.415. The summed E-state index contributed by atoms with van der Waals surface area (Å²) in [6, 6.07) is 8.90. The molecular weight excluding hydrogens is 344 g/mol. The zero-order valence-corrected chi connectivity index (χ0v) is 16.1. The minimum Gasteiger partial charge on any atom is -0.507 e. The molecule has 3 rings (SSSR count). The molecule has 0 atom stereocenters. The Hall–Kier alpha value is -3.09. The van der Waals surface area contributed by atoms with Crippen LogP contribution in [0.1, 0.15) is 45.2 Å². The van der Waals surface area contributed by atoms with E-state index in [2.05, 4.69) is 29.4 Å². The van der Waals surface area contributed by atoms with Crippen LogP contribution in [0.2, 0.25) is 0 Å². The van der Waals surface area contributed by atoms with E-state index in [4.69, 9.17) is 4.74 Å². The molecule has 0 aliphatic heterocycles. The molecule has 1 heterocycles. The highest BCUT2D eigenvalue weighted by Gasteiger charge is 2.20. The molecule has 0 radical (unpaired) electrons. The number of methoxy groups -OCH3 is 1.